The van der Waals surface area contributed by atoms with Crippen molar-refractivity contribution in [3.8, 4) is 17.1 Å². The summed E-state index contributed by atoms with van der Waals surface area (Å²) in [7, 11) is 1.56. The molecule has 1 atom stereocenters. The van der Waals surface area contributed by atoms with E-state index in [0.717, 1.165) is 5.56 Å². The first-order chi connectivity index (χ1) is 14.5. The molecule has 0 N–H and O–H groups in total. The largest absolute Gasteiger partial charge is 0.497 e. The number of esters is 1. The Morgan fingerprint density at radius 1 is 1.23 bits per heavy atom. The van der Waals surface area contributed by atoms with Crippen molar-refractivity contribution in [3.05, 3.63) is 65.3 Å². The van der Waals surface area contributed by atoms with E-state index in [0.29, 0.717) is 27.9 Å². The van der Waals surface area contributed by atoms with Crippen molar-refractivity contribution < 1.29 is 23.6 Å². The number of aromatic nitrogens is 1. The maximum atomic E-state index is 12.5. The van der Waals surface area contributed by atoms with Gasteiger partial charge in [0.2, 0.25) is 5.91 Å². The number of carbonyl (C=O) groups is 2. The molecule has 30 heavy (non-hydrogen) atoms. The average molecular weight is 427 g/mol. The minimum atomic E-state index is -0.536. The topological polar surface area (TPSA) is 81.9 Å². The zero-order chi connectivity index (χ0) is 21.1. The first-order valence-electron chi connectivity index (χ1n) is 9.36. The summed E-state index contributed by atoms with van der Waals surface area (Å²) in [6, 6.07) is 16.0. The van der Waals surface area contributed by atoms with Crippen LogP contribution in [0.25, 0.3) is 11.3 Å². The van der Waals surface area contributed by atoms with Gasteiger partial charge in [-0.3, -0.25) is 9.59 Å². The van der Waals surface area contributed by atoms with Gasteiger partial charge < -0.3 is 18.9 Å². The number of benzene rings is 2. The number of amides is 1. The number of rotatable bonds is 6. The lowest BCUT2D eigenvalue weighted by atomic mass is 10.1. The minimum Gasteiger partial charge on any atom is -0.497 e. The van der Waals surface area contributed by atoms with E-state index in [1.54, 1.807) is 48.4 Å². The zero-order valence-corrected chi connectivity index (χ0v) is 17.0. The number of halogens is 1. The van der Waals surface area contributed by atoms with Crippen molar-refractivity contribution in [2.75, 3.05) is 18.6 Å². The molecule has 2 heterocycles. The minimum absolute atomic E-state index is 0.0280. The Morgan fingerprint density at radius 3 is 2.80 bits per heavy atom. The fourth-order valence-electron chi connectivity index (χ4n) is 3.29. The molecule has 1 aromatic heterocycles. The van der Waals surface area contributed by atoms with Gasteiger partial charge in [-0.25, -0.2) is 0 Å². The third kappa shape index (κ3) is 4.31. The normalized spacial score (nSPS) is 16.0. The molecule has 0 saturated carbocycles. The maximum absolute atomic E-state index is 12.5. The van der Waals surface area contributed by atoms with Gasteiger partial charge in [0.05, 0.1) is 13.0 Å². The monoisotopic (exact) mass is 426 g/mol. The van der Waals surface area contributed by atoms with Crippen LogP contribution in [0, 0.1) is 5.92 Å². The molecular formula is C22H19ClN2O5. The SMILES string of the molecule is COc1cccc(N2CC(C(=O)OCc3cc(-c4ccc(Cl)cc4)on3)CC2=O)c1. The van der Waals surface area contributed by atoms with Crippen LogP contribution in [0.15, 0.2) is 59.1 Å². The van der Waals surface area contributed by atoms with Crippen molar-refractivity contribution in [2.45, 2.75) is 13.0 Å². The Morgan fingerprint density at radius 2 is 2.03 bits per heavy atom. The Bertz CT molecular complexity index is 1060. The second kappa shape index (κ2) is 8.59. The van der Waals surface area contributed by atoms with Gasteiger partial charge in [0.15, 0.2) is 5.76 Å². The molecule has 0 spiro atoms. The summed E-state index contributed by atoms with van der Waals surface area (Å²) < 4.78 is 15.9. The van der Waals surface area contributed by atoms with Gasteiger partial charge in [-0.2, -0.15) is 0 Å². The summed E-state index contributed by atoms with van der Waals surface area (Å²) in [4.78, 5) is 26.4. The van der Waals surface area contributed by atoms with Crippen molar-refractivity contribution in [1.82, 2.24) is 5.16 Å². The van der Waals surface area contributed by atoms with E-state index in [9.17, 15) is 9.59 Å². The highest BCUT2D eigenvalue weighted by atomic mass is 35.5. The first kappa shape index (κ1) is 20.0. The van der Waals surface area contributed by atoms with E-state index in [1.165, 1.54) is 0 Å². The van der Waals surface area contributed by atoms with Gasteiger partial charge >= 0.3 is 5.97 Å². The molecule has 1 amide bonds. The molecule has 1 saturated heterocycles. The highest BCUT2D eigenvalue weighted by Crippen LogP contribution is 2.29. The predicted molar refractivity (Wildman–Crippen MR) is 110 cm³/mol. The van der Waals surface area contributed by atoms with Crippen LogP contribution in [0.3, 0.4) is 0 Å². The number of methoxy groups -OCH3 is 1. The highest BCUT2D eigenvalue weighted by Gasteiger charge is 2.36. The van der Waals surface area contributed by atoms with Crippen LogP contribution in [0.4, 0.5) is 5.69 Å². The first-order valence-corrected chi connectivity index (χ1v) is 9.74. The number of hydrogen-bond acceptors (Lipinski definition) is 6. The predicted octanol–water partition coefficient (Wildman–Crippen LogP) is 4.10. The fraction of sp³-hybridized carbons (Fsp3) is 0.227. The number of hydrogen-bond donors (Lipinski definition) is 0. The highest BCUT2D eigenvalue weighted by molar-refractivity contribution is 6.30. The van der Waals surface area contributed by atoms with Gasteiger partial charge in [0.1, 0.15) is 18.1 Å². The van der Waals surface area contributed by atoms with Crippen LogP contribution < -0.4 is 9.64 Å². The maximum Gasteiger partial charge on any atom is 0.311 e. The zero-order valence-electron chi connectivity index (χ0n) is 16.2. The lowest BCUT2D eigenvalue weighted by Gasteiger charge is -2.17. The second-order valence-electron chi connectivity index (χ2n) is 6.90. The van der Waals surface area contributed by atoms with Crippen LogP contribution in [-0.4, -0.2) is 30.7 Å². The molecule has 0 aliphatic carbocycles. The Hall–Kier alpha value is -3.32. The van der Waals surface area contributed by atoms with E-state index in [2.05, 4.69) is 5.16 Å². The summed E-state index contributed by atoms with van der Waals surface area (Å²) in [5.41, 5.74) is 2.00. The lowest BCUT2D eigenvalue weighted by Crippen LogP contribution is -2.26. The summed E-state index contributed by atoms with van der Waals surface area (Å²) >= 11 is 5.89. The molecule has 1 unspecified atom stereocenters. The molecular weight excluding hydrogens is 408 g/mol. The van der Waals surface area contributed by atoms with Gasteiger partial charge in [-0.05, 0) is 36.4 Å². The van der Waals surface area contributed by atoms with Crippen LogP contribution in [0.5, 0.6) is 5.75 Å². The molecule has 8 heteroatoms. The molecule has 7 nitrogen and oxygen atoms in total. The number of ether oxygens (including phenoxy) is 2. The Balaban J connectivity index is 1.35. The summed E-state index contributed by atoms with van der Waals surface area (Å²) in [5, 5.41) is 4.56. The van der Waals surface area contributed by atoms with Crippen LogP contribution >= 0.6 is 11.6 Å². The molecule has 1 aliphatic heterocycles. The number of carbonyl (C=O) groups excluding carboxylic acids is 2. The third-order valence-corrected chi connectivity index (χ3v) is 5.13. The Labute approximate surface area is 178 Å². The van der Waals surface area contributed by atoms with Crippen molar-refractivity contribution in [1.29, 1.82) is 0 Å². The van der Waals surface area contributed by atoms with Crippen molar-refractivity contribution in [3.63, 3.8) is 0 Å². The van der Waals surface area contributed by atoms with E-state index in [4.69, 9.17) is 25.6 Å². The van der Waals surface area contributed by atoms with Gasteiger partial charge in [0.25, 0.3) is 0 Å². The smallest absolute Gasteiger partial charge is 0.311 e. The van der Waals surface area contributed by atoms with Crippen LogP contribution in [-0.2, 0) is 20.9 Å². The van der Waals surface area contributed by atoms with Crippen molar-refractivity contribution >= 4 is 29.2 Å². The Kier molecular flexibility index (Phi) is 5.72. The standard InChI is InChI=1S/C22H19ClN2O5/c1-28-19-4-2-3-18(11-19)25-12-15(9-21(25)26)22(27)29-13-17-10-20(30-24-17)14-5-7-16(23)8-6-14/h2-8,10-11,15H,9,12-13H2,1H3. The molecule has 4 rings (SSSR count). The van der Waals surface area contributed by atoms with Gasteiger partial charge in [0, 0.05) is 41.4 Å². The van der Waals surface area contributed by atoms with Gasteiger partial charge in [-0.1, -0.05) is 22.8 Å². The second-order valence-corrected chi connectivity index (χ2v) is 7.34. The van der Waals surface area contributed by atoms with E-state index in [-0.39, 0.29) is 25.5 Å². The molecule has 2 aromatic carbocycles. The van der Waals surface area contributed by atoms with Gasteiger partial charge in [-0.15, -0.1) is 0 Å². The fourth-order valence-corrected chi connectivity index (χ4v) is 3.41. The van der Waals surface area contributed by atoms with Crippen LogP contribution in [0.2, 0.25) is 5.02 Å². The molecule has 1 aliphatic rings. The molecule has 154 valence electrons. The van der Waals surface area contributed by atoms with Crippen molar-refractivity contribution in [2.24, 2.45) is 5.92 Å². The lowest BCUT2D eigenvalue weighted by molar-refractivity contribution is -0.149. The number of nitrogens with zero attached hydrogens (tertiary/aromatic N) is 2. The quantitative estimate of drug-likeness (QED) is 0.552. The summed E-state index contributed by atoms with van der Waals surface area (Å²) in [6.07, 6.45) is 0.102. The van der Waals surface area contributed by atoms with E-state index >= 15 is 0 Å². The third-order valence-electron chi connectivity index (χ3n) is 4.87. The number of anilines is 1. The summed E-state index contributed by atoms with van der Waals surface area (Å²) in [6.45, 7) is 0.236. The van der Waals surface area contributed by atoms with E-state index in [1.807, 2.05) is 18.2 Å². The molecule has 1 fully saturated rings. The van der Waals surface area contributed by atoms with Crippen LogP contribution in [0.1, 0.15) is 12.1 Å². The molecule has 0 radical (unpaired) electrons. The molecule has 3 aromatic rings. The summed E-state index contributed by atoms with van der Waals surface area (Å²) in [5.74, 6) is 0.0969. The van der Waals surface area contributed by atoms with E-state index < -0.39 is 11.9 Å². The molecule has 0 bridgehead atoms. The average Bonchev–Trinajstić information content (AvgIpc) is 3.39.